The second-order valence-corrected chi connectivity index (χ2v) is 6.66. The zero-order valence-electron chi connectivity index (χ0n) is 15.3. The van der Waals surface area contributed by atoms with Crippen LogP contribution in [0.5, 0.6) is 5.75 Å². The van der Waals surface area contributed by atoms with E-state index in [-0.39, 0.29) is 18.5 Å². The highest BCUT2D eigenvalue weighted by Gasteiger charge is 2.20. The van der Waals surface area contributed by atoms with Gasteiger partial charge in [0.05, 0.1) is 19.3 Å². The number of nitrogens with zero attached hydrogens (tertiary/aromatic N) is 1. The maximum absolute atomic E-state index is 12.2. The molecule has 26 heavy (non-hydrogen) atoms. The Hall–Kier alpha value is -2.53. The number of anilines is 1. The van der Waals surface area contributed by atoms with E-state index in [4.69, 9.17) is 4.74 Å². The molecule has 1 amide bonds. The first kappa shape index (κ1) is 18.3. The Kier molecular flexibility index (Phi) is 6.50. The highest BCUT2D eigenvalue weighted by Crippen LogP contribution is 2.22. The SMILES string of the molecule is COc1ccccc1NCC(=O)NC1CCN(Cc2ccccc2)CC1. The summed E-state index contributed by atoms with van der Waals surface area (Å²) in [5, 5.41) is 6.29. The van der Waals surface area contributed by atoms with Gasteiger partial charge in [0.25, 0.3) is 0 Å². The van der Waals surface area contributed by atoms with E-state index in [9.17, 15) is 4.79 Å². The van der Waals surface area contributed by atoms with Crippen molar-refractivity contribution >= 4 is 11.6 Å². The molecule has 0 radical (unpaired) electrons. The summed E-state index contributed by atoms with van der Waals surface area (Å²) >= 11 is 0. The van der Waals surface area contributed by atoms with Crippen LogP contribution in [0, 0.1) is 0 Å². The van der Waals surface area contributed by atoms with Crippen LogP contribution in [0.2, 0.25) is 0 Å². The van der Waals surface area contributed by atoms with Gasteiger partial charge in [-0.15, -0.1) is 0 Å². The van der Waals surface area contributed by atoms with Gasteiger partial charge < -0.3 is 15.4 Å². The van der Waals surface area contributed by atoms with Crippen LogP contribution in [0.25, 0.3) is 0 Å². The minimum absolute atomic E-state index is 0.0254. The normalized spacial score (nSPS) is 15.4. The molecule has 0 aromatic heterocycles. The highest BCUT2D eigenvalue weighted by molar-refractivity contribution is 5.81. The topological polar surface area (TPSA) is 53.6 Å². The molecule has 1 aliphatic rings. The molecule has 0 saturated carbocycles. The lowest BCUT2D eigenvalue weighted by atomic mass is 10.0. The van der Waals surface area contributed by atoms with E-state index >= 15 is 0 Å². The van der Waals surface area contributed by atoms with Crippen molar-refractivity contribution in [2.75, 3.05) is 32.1 Å². The summed E-state index contributed by atoms with van der Waals surface area (Å²) in [5.41, 5.74) is 2.18. The van der Waals surface area contributed by atoms with Gasteiger partial charge in [0.1, 0.15) is 5.75 Å². The average Bonchev–Trinajstić information content (AvgIpc) is 2.69. The molecule has 2 aromatic carbocycles. The molecule has 0 aliphatic carbocycles. The lowest BCUT2D eigenvalue weighted by molar-refractivity contribution is -0.120. The lowest BCUT2D eigenvalue weighted by Gasteiger charge is -2.32. The predicted octanol–water partition coefficient (Wildman–Crippen LogP) is 2.89. The van der Waals surface area contributed by atoms with E-state index in [2.05, 4.69) is 39.8 Å². The third-order valence-corrected chi connectivity index (χ3v) is 4.75. The van der Waals surface area contributed by atoms with Gasteiger partial charge in [0, 0.05) is 25.7 Å². The van der Waals surface area contributed by atoms with Crippen LogP contribution < -0.4 is 15.4 Å². The third kappa shape index (κ3) is 5.23. The Morgan fingerprint density at radius 3 is 2.50 bits per heavy atom. The summed E-state index contributed by atoms with van der Waals surface area (Å²) in [5.74, 6) is 0.770. The van der Waals surface area contributed by atoms with Gasteiger partial charge in [0.15, 0.2) is 0 Å². The predicted molar refractivity (Wildman–Crippen MR) is 104 cm³/mol. The van der Waals surface area contributed by atoms with Crippen LogP contribution in [0.1, 0.15) is 18.4 Å². The van der Waals surface area contributed by atoms with Crippen LogP contribution in [-0.2, 0) is 11.3 Å². The van der Waals surface area contributed by atoms with E-state index in [0.717, 1.165) is 43.9 Å². The summed E-state index contributed by atoms with van der Waals surface area (Å²) < 4.78 is 5.29. The number of nitrogens with one attached hydrogen (secondary N) is 2. The van der Waals surface area contributed by atoms with Crippen molar-refractivity contribution in [3.8, 4) is 5.75 Å². The summed E-state index contributed by atoms with van der Waals surface area (Å²) in [6.07, 6.45) is 1.99. The number of likely N-dealkylation sites (tertiary alicyclic amines) is 1. The molecule has 1 heterocycles. The Balaban J connectivity index is 1.39. The molecule has 0 bridgehead atoms. The summed E-state index contributed by atoms with van der Waals surface area (Å²) in [7, 11) is 1.63. The molecule has 1 fully saturated rings. The Labute approximate surface area is 155 Å². The van der Waals surface area contributed by atoms with Crippen LogP contribution in [0.3, 0.4) is 0 Å². The second-order valence-electron chi connectivity index (χ2n) is 6.66. The molecule has 1 saturated heterocycles. The Morgan fingerprint density at radius 1 is 1.08 bits per heavy atom. The fourth-order valence-corrected chi connectivity index (χ4v) is 3.32. The molecule has 5 nitrogen and oxygen atoms in total. The molecule has 5 heteroatoms. The van der Waals surface area contributed by atoms with Gasteiger partial charge in [-0.3, -0.25) is 9.69 Å². The van der Waals surface area contributed by atoms with Crippen LogP contribution in [0.4, 0.5) is 5.69 Å². The number of methoxy groups -OCH3 is 1. The van der Waals surface area contributed by atoms with Gasteiger partial charge in [-0.2, -0.15) is 0 Å². The van der Waals surface area contributed by atoms with Crippen molar-refractivity contribution in [2.45, 2.75) is 25.4 Å². The fraction of sp³-hybridized carbons (Fsp3) is 0.381. The first-order valence-electron chi connectivity index (χ1n) is 9.17. The summed E-state index contributed by atoms with van der Waals surface area (Å²) in [4.78, 5) is 14.7. The average molecular weight is 353 g/mol. The van der Waals surface area contributed by atoms with Crippen molar-refractivity contribution in [3.63, 3.8) is 0 Å². The number of hydrogen-bond acceptors (Lipinski definition) is 4. The van der Waals surface area contributed by atoms with E-state index in [1.807, 2.05) is 30.3 Å². The number of rotatable bonds is 7. The minimum Gasteiger partial charge on any atom is -0.495 e. The number of carbonyl (C=O) groups excluding carboxylic acids is 1. The van der Waals surface area contributed by atoms with E-state index < -0.39 is 0 Å². The molecular weight excluding hydrogens is 326 g/mol. The van der Waals surface area contributed by atoms with Crippen molar-refractivity contribution in [1.29, 1.82) is 0 Å². The van der Waals surface area contributed by atoms with Crippen LogP contribution in [0.15, 0.2) is 54.6 Å². The van der Waals surface area contributed by atoms with Crippen LogP contribution >= 0.6 is 0 Å². The van der Waals surface area contributed by atoms with E-state index in [0.29, 0.717) is 0 Å². The number of hydrogen-bond donors (Lipinski definition) is 2. The first-order valence-corrected chi connectivity index (χ1v) is 9.17. The lowest BCUT2D eigenvalue weighted by Crippen LogP contribution is -2.45. The second kappa shape index (κ2) is 9.25. The quantitative estimate of drug-likeness (QED) is 0.804. The van der Waals surface area contributed by atoms with Gasteiger partial charge in [0.2, 0.25) is 5.91 Å². The maximum Gasteiger partial charge on any atom is 0.239 e. The molecule has 0 spiro atoms. The van der Waals surface area contributed by atoms with Gasteiger partial charge in [-0.25, -0.2) is 0 Å². The van der Waals surface area contributed by atoms with Crippen molar-refractivity contribution < 1.29 is 9.53 Å². The van der Waals surface area contributed by atoms with Crippen LogP contribution in [-0.4, -0.2) is 43.6 Å². The molecule has 0 unspecified atom stereocenters. The molecule has 2 N–H and O–H groups in total. The van der Waals surface area contributed by atoms with Crippen molar-refractivity contribution in [1.82, 2.24) is 10.2 Å². The monoisotopic (exact) mass is 353 g/mol. The Morgan fingerprint density at radius 2 is 1.77 bits per heavy atom. The number of piperidine rings is 1. The zero-order valence-corrected chi connectivity index (χ0v) is 15.3. The van der Waals surface area contributed by atoms with E-state index in [1.165, 1.54) is 5.56 Å². The van der Waals surface area contributed by atoms with Gasteiger partial charge in [-0.05, 0) is 30.5 Å². The number of ether oxygens (including phenoxy) is 1. The largest absolute Gasteiger partial charge is 0.495 e. The number of carbonyl (C=O) groups is 1. The minimum atomic E-state index is 0.0254. The maximum atomic E-state index is 12.2. The van der Waals surface area contributed by atoms with Gasteiger partial charge >= 0.3 is 0 Å². The smallest absolute Gasteiger partial charge is 0.239 e. The third-order valence-electron chi connectivity index (χ3n) is 4.75. The molecule has 2 aromatic rings. The van der Waals surface area contributed by atoms with Crippen molar-refractivity contribution in [3.05, 3.63) is 60.2 Å². The molecular formula is C21H27N3O2. The number of benzene rings is 2. The fourth-order valence-electron chi connectivity index (χ4n) is 3.32. The molecule has 138 valence electrons. The highest BCUT2D eigenvalue weighted by atomic mass is 16.5. The zero-order chi connectivity index (χ0) is 18.2. The van der Waals surface area contributed by atoms with Crippen molar-refractivity contribution in [2.24, 2.45) is 0 Å². The van der Waals surface area contributed by atoms with E-state index in [1.54, 1.807) is 7.11 Å². The molecule has 3 rings (SSSR count). The standard InChI is InChI=1S/C21H27N3O2/c1-26-20-10-6-5-9-19(20)22-15-21(25)23-18-11-13-24(14-12-18)16-17-7-3-2-4-8-17/h2-10,18,22H,11-16H2,1H3,(H,23,25). The first-order chi connectivity index (χ1) is 12.7. The van der Waals surface area contributed by atoms with Gasteiger partial charge in [-0.1, -0.05) is 42.5 Å². The number of amides is 1. The Bertz CT molecular complexity index is 697. The summed E-state index contributed by atoms with van der Waals surface area (Å²) in [6.45, 7) is 3.26. The molecule has 0 atom stereocenters. The number of para-hydroxylation sites is 2. The molecule has 1 aliphatic heterocycles. The summed E-state index contributed by atoms with van der Waals surface area (Å²) in [6, 6.07) is 18.4.